The van der Waals surface area contributed by atoms with Gasteiger partial charge in [0.1, 0.15) is 5.75 Å². The normalized spacial score (nSPS) is 11.2. The Balaban J connectivity index is 2.39. The molecule has 0 bridgehead atoms. The molecule has 7 heteroatoms. The third-order valence-corrected chi connectivity index (χ3v) is 5.18. The van der Waals surface area contributed by atoms with Crippen LogP contribution in [0.4, 0.5) is 11.4 Å². The van der Waals surface area contributed by atoms with Crippen LogP contribution in [0.2, 0.25) is 5.02 Å². The number of sulfonamides is 1. The first-order chi connectivity index (χ1) is 9.86. The molecule has 0 saturated heterocycles. The van der Waals surface area contributed by atoms with Crippen molar-refractivity contribution in [3.8, 4) is 5.75 Å². The standard InChI is InChI=1S/C14H15ClN2O3S/c1-17(10-3-5-11(20-2)6-4-10)21(18,19)12-7-8-14(16)13(15)9-12/h3-9H,16H2,1-2H3. The van der Waals surface area contributed by atoms with Gasteiger partial charge in [0.2, 0.25) is 0 Å². The highest BCUT2D eigenvalue weighted by atomic mass is 35.5. The molecule has 0 heterocycles. The molecule has 0 aliphatic heterocycles. The summed E-state index contributed by atoms with van der Waals surface area (Å²) in [5.74, 6) is 0.653. The maximum atomic E-state index is 12.5. The zero-order chi connectivity index (χ0) is 15.6. The van der Waals surface area contributed by atoms with Crippen molar-refractivity contribution in [3.63, 3.8) is 0 Å². The largest absolute Gasteiger partial charge is 0.497 e. The number of benzene rings is 2. The van der Waals surface area contributed by atoms with E-state index in [2.05, 4.69) is 0 Å². The Morgan fingerprint density at radius 3 is 2.29 bits per heavy atom. The third-order valence-electron chi connectivity index (χ3n) is 3.07. The van der Waals surface area contributed by atoms with E-state index in [0.717, 1.165) is 0 Å². The van der Waals surface area contributed by atoms with E-state index in [1.54, 1.807) is 31.4 Å². The molecule has 2 rings (SSSR count). The number of anilines is 2. The predicted octanol–water partition coefficient (Wildman–Crippen LogP) is 2.76. The second-order valence-corrected chi connectivity index (χ2v) is 6.73. The molecule has 0 fully saturated rings. The fourth-order valence-corrected chi connectivity index (χ4v) is 3.22. The smallest absolute Gasteiger partial charge is 0.264 e. The number of nitrogens with zero attached hydrogens (tertiary/aromatic N) is 1. The van der Waals surface area contributed by atoms with E-state index >= 15 is 0 Å². The quantitative estimate of drug-likeness (QED) is 0.877. The highest BCUT2D eigenvalue weighted by Crippen LogP contribution is 2.27. The molecule has 5 nitrogen and oxygen atoms in total. The molecule has 2 aromatic carbocycles. The van der Waals surface area contributed by atoms with Crippen molar-refractivity contribution < 1.29 is 13.2 Å². The number of nitrogens with two attached hydrogens (primary N) is 1. The molecule has 0 atom stereocenters. The number of nitrogen functional groups attached to an aromatic ring is 1. The Morgan fingerprint density at radius 2 is 1.76 bits per heavy atom. The lowest BCUT2D eigenvalue weighted by atomic mass is 10.3. The average molecular weight is 327 g/mol. The number of hydrogen-bond acceptors (Lipinski definition) is 4. The van der Waals surface area contributed by atoms with Gasteiger partial charge in [-0.05, 0) is 42.5 Å². The summed E-state index contributed by atoms with van der Waals surface area (Å²) >= 11 is 5.89. The monoisotopic (exact) mass is 326 g/mol. The van der Waals surface area contributed by atoms with Gasteiger partial charge in [0.05, 0.1) is 28.4 Å². The van der Waals surface area contributed by atoms with E-state index in [0.29, 0.717) is 17.1 Å². The van der Waals surface area contributed by atoms with Gasteiger partial charge in [0, 0.05) is 7.05 Å². The molecule has 0 aliphatic rings. The Bertz CT molecular complexity index is 745. The maximum Gasteiger partial charge on any atom is 0.264 e. The summed E-state index contributed by atoms with van der Waals surface area (Å²) in [4.78, 5) is 0.0834. The first kappa shape index (κ1) is 15.5. The van der Waals surface area contributed by atoms with Crippen molar-refractivity contribution in [2.24, 2.45) is 0 Å². The van der Waals surface area contributed by atoms with Gasteiger partial charge in [-0.2, -0.15) is 0 Å². The molecule has 0 saturated carbocycles. The number of halogens is 1. The minimum absolute atomic E-state index is 0.0834. The molecule has 0 unspecified atom stereocenters. The molecule has 0 amide bonds. The van der Waals surface area contributed by atoms with Crippen LogP contribution in [0.25, 0.3) is 0 Å². The van der Waals surface area contributed by atoms with Gasteiger partial charge in [0.25, 0.3) is 10.0 Å². The summed E-state index contributed by atoms with van der Waals surface area (Å²) in [6, 6.07) is 10.9. The van der Waals surface area contributed by atoms with Gasteiger partial charge < -0.3 is 10.5 Å². The number of methoxy groups -OCH3 is 1. The van der Waals surface area contributed by atoms with Crippen LogP contribution in [0.3, 0.4) is 0 Å². The van der Waals surface area contributed by atoms with Crippen LogP contribution in [0.5, 0.6) is 5.75 Å². The maximum absolute atomic E-state index is 12.5. The minimum Gasteiger partial charge on any atom is -0.497 e. The van der Waals surface area contributed by atoms with Crippen LogP contribution in [-0.2, 0) is 10.0 Å². The van der Waals surface area contributed by atoms with Crippen LogP contribution in [0.1, 0.15) is 0 Å². The van der Waals surface area contributed by atoms with Crippen molar-refractivity contribution >= 4 is 33.0 Å². The van der Waals surface area contributed by atoms with Crippen molar-refractivity contribution in [1.82, 2.24) is 0 Å². The van der Waals surface area contributed by atoms with Crippen molar-refractivity contribution in [1.29, 1.82) is 0 Å². The second-order valence-electron chi connectivity index (χ2n) is 4.35. The molecule has 0 aliphatic carbocycles. The van der Waals surface area contributed by atoms with E-state index in [4.69, 9.17) is 22.1 Å². The molecule has 0 radical (unpaired) electrons. The molecule has 0 aromatic heterocycles. The Kier molecular flexibility index (Phi) is 4.29. The molecule has 21 heavy (non-hydrogen) atoms. The fraction of sp³-hybridized carbons (Fsp3) is 0.143. The molecule has 2 N–H and O–H groups in total. The van der Waals surface area contributed by atoms with Gasteiger partial charge >= 0.3 is 0 Å². The molecule has 2 aromatic rings. The Morgan fingerprint density at radius 1 is 1.14 bits per heavy atom. The summed E-state index contributed by atoms with van der Waals surface area (Å²) < 4.78 is 31.3. The van der Waals surface area contributed by atoms with E-state index in [1.807, 2.05) is 0 Å². The van der Waals surface area contributed by atoms with E-state index in [1.165, 1.54) is 29.6 Å². The van der Waals surface area contributed by atoms with Crippen LogP contribution < -0.4 is 14.8 Å². The van der Waals surface area contributed by atoms with Crippen LogP contribution in [0.15, 0.2) is 47.4 Å². The topological polar surface area (TPSA) is 72.6 Å². The summed E-state index contributed by atoms with van der Waals surface area (Å²) in [7, 11) is -0.677. The molecular formula is C14H15ClN2O3S. The van der Waals surface area contributed by atoms with E-state index in [-0.39, 0.29) is 9.92 Å². The molecule has 112 valence electrons. The van der Waals surface area contributed by atoms with Crippen molar-refractivity contribution in [3.05, 3.63) is 47.5 Å². The summed E-state index contributed by atoms with van der Waals surface area (Å²) in [6.07, 6.45) is 0. The van der Waals surface area contributed by atoms with Gasteiger partial charge in [-0.3, -0.25) is 4.31 Å². The third kappa shape index (κ3) is 3.06. The van der Waals surface area contributed by atoms with Crippen LogP contribution in [0, 0.1) is 0 Å². The SMILES string of the molecule is COc1ccc(N(C)S(=O)(=O)c2ccc(N)c(Cl)c2)cc1. The van der Waals surface area contributed by atoms with Crippen molar-refractivity contribution in [2.75, 3.05) is 24.2 Å². The summed E-state index contributed by atoms with van der Waals surface area (Å²) in [6.45, 7) is 0. The molecule has 0 spiro atoms. The first-order valence-electron chi connectivity index (χ1n) is 6.04. The van der Waals surface area contributed by atoms with Gasteiger partial charge in [-0.1, -0.05) is 11.6 Å². The van der Waals surface area contributed by atoms with Crippen molar-refractivity contribution in [2.45, 2.75) is 4.90 Å². The minimum atomic E-state index is -3.70. The van der Waals surface area contributed by atoms with E-state index < -0.39 is 10.0 Å². The predicted molar refractivity (Wildman–Crippen MR) is 84.4 cm³/mol. The van der Waals surface area contributed by atoms with Crippen LogP contribution in [-0.4, -0.2) is 22.6 Å². The zero-order valence-corrected chi connectivity index (χ0v) is 13.1. The molecular weight excluding hydrogens is 312 g/mol. The second kappa shape index (κ2) is 5.83. The lowest BCUT2D eigenvalue weighted by Crippen LogP contribution is -2.26. The Labute approximate surface area is 128 Å². The highest BCUT2D eigenvalue weighted by Gasteiger charge is 2.22. The number of rotatable bonds is 4. The van der Waals surface area contributed by atoms with E-state index in [9.17, 15) is 8.42 Å². The average Bonchev–Trinajstić information content (AvgIpc) is 2.49. The van der Waals surface area contributed by atoms with Gasteiger partial charge in [0.15, 0.2) is 0 Å². The van der Waals surface area contributed by atoms with Gasteiger partial charge in [-0.15, -0.1) is 0 Å². The number of ether oxygens (including phenoxy) is 1. The Hall–Kier alpha value is -1.92. The summed E-state index contributed by atoms with van der Waals surface area (Å²) in [5.41, 5.74) is 6.45. The van der Waals surface area contributed by atoms with Gasteiger partial charge in [-0.25, -0.2) is 8.42 Å². The first-order valence-corrected chi connectivity index (χ1v) is 7.86. The highest BCUT2D eigenvalue weighted by molar-refractivity contribution is 7.92. The van der Waals surface area contributed by atoms with Crippen LogP contribution >= 0.6 is 11.6 Å². The summed E-state index contributed by atoms with van der Waals surface area (Å²) in [5, 5.41) is 0.208. The zero-order valence-electron chi connectivity index (χ0n) is 11.6. The number of hydrogen-bond donors (Lipinski definition) is 1. The lowest BCUT2D eigenvalue weighted by Gasteiger charge is -2.20. The lowest BCUT2D eigenvalue weighted by molar-refractivity contribution is 0.415. The fourth-order valence-electron chi connectivity index (χ4n) is 1.76.